The SMILES string of the molecule is COc1cccc(F)c1[C@H](c1ccc(Cl)s1)N1CCNCC1. The third kappa shape index (κ3) is 3.13. The molecule has 1 N–H and O–H groups in total. The Kier molecular flexibility index (Phi) is 4.98. The molecule has 6 heteroatoms. The summed E-state index contributed by atoms with van der Waals surface area (Å²) in [7, 11) is 1.58. The highest BCUT2D eigenvalue weighted by atomic mass is 35.5. The molecule has 1 aromatic carbocycles. The lowest BCUT2D eigenvalue weighted by molar-refractivity contribution is 0.194. The predicted octanol–water partition coefficient (Wildman–Crippen LogP) is 3.54. The first kappa shape index (κ1) is 15.7. The van der Waals surface area contributed by atoms with Gasteiger partial charge in [-0.1, -0.05) is 17.7 Å². The third-order valence-corrected chi connectivity index (χ3v) is 5.17. The van der Waals surface area contributed by atoms with Crippen LogP contribution in [0, 0.1) is 5.82 Å². The number of hydrogen-bond acceptors (Lipinski definition) is 4. The summed E-state index contributed by atoms with van der Waals surface area (Å²) < 4.78 is 20.7. The fourth-order valence-corrected chi connectivity index (χ4v) is 4.09. The van der Waals surface area contributed by atoms with Gasteiger partial charge in [-0.15, -0.1) is 11.3 Å². The van der Waals surface area contributed by atoms with Gasteiger partial charge in [-0.2, -0.15) is 0 Å². The van der Waals surface area contributed by atoms with Crippen molar-refractivity contribution in [3.63, 3.8) is 0 Å². The Morgan fingerprint density at radius 2 is 2.05 bits per heavy atom. The quantitative estimate of drug-likeness (QED) is 0.921. The number of benzene rings is 1. The molecule has 1 aliphatic heterocycles. The van der Waals surface area contributed by atoms with Crippen LogP contribution in [0.2, 0.25) is 4.34 Å². The van der Waals surface area contributed by atoms with E-state index in [0.29, 0.717) is 15.6 Å². The molecule has 0 aliphatic carbocycles. The molecule has 0 bridgehead atoms. The zero-order valence-corrected chi connectivity index (χ0v) is 13.9. The first-order valence-corrected chi connectivity index (χ1v) is 8.42. The van der Waals surface area contributed by atoms with Crippen molar-refractivity contribution in [3.05, 3.63) is 50.9 Å². The maximum absolute atomic E-state index is 14.6. The minimum atomic E-state index is -0.243. The molecule has 0 saturated carbocycles. The van der Waals surface area contributed by atoms with Gasteiger partial charge in [0.05, 0.1) is 23.1 Å². The van der Waals surface area contributed by atoms with Crippen LogP contribution in [-0.4, -0.2) is 38.2 Å². The number of ether oxygens (including phenoxy) is 1. The second-order valence-corrected chi connectivity index (χ2v) is 6.93. The first-order valence-electron chi connectivity index (χ1n) is 7.23. The molecular weight excluding hydrogens is 323 g/mol. The average Bonchev–Trinajstić information content (AvgIpc) is 2.96. The van der Waals surface area contributed by atoms with E-state index in [1.807, 2.05) is 18.2 Å². The molecule has 1 saturated heterocycles. The van der Waals surface area contributed by atoms with E-state index in [4.69, 9.17) is 16.3 Å². The Morgan fingerprint density at radius 3 is 2.68 bits per heavy atom. The van der Waals surface area contributed by atoms with Crippen LogP contribution in [0.1, 0.15) is 16.5 Å². The summed E-state index contributed by atoms with van der Waals surface area (Å²) in [5, 5.41) is 3.33. The molecule has 2 heterocycles. The summed E-state index contributed by atoms with van der Waals surface area (Å²) in [4.78, 5) is 3.31. The van der Waals surface area contributed by atoms with Crippen molar-refractivity contribution in [1.82, 2.24) is 10.2 Å². The largest absolute Gasteiger partial charge is 0.496 e. The topological polar surface area (TPSA) is 24.5 Å². The smallest absolute Gasteiger partial charge is 0.132 e. The summed E-state index contributed by atoms with van der Waals surface area (Å²) in [5.41, 5.74) is 0.588. The fraction of sp³-hybridized carbons (Fsp3) is 0.375. The van der Waals surface area contributed by atoms with Crippen molar-refractivity contribution in [1.29, 1.82) is 0 Å². The molecule has 0 spiro atoms. The molecule has 1 fully saturated rings. The predicted molar refractivity (Wildman–Crippen MR) is 88.6 cm³/mol. The maximum Gasteiger partial charge on any atom is 0.132 e. The lowest BCUT2D eigenvalue weighted by Crippen LogP contribution is -2.45. The highest BCUT2D eigenvalue weighted by Gasteiger charge is 2.30. The summed E-state index contributed by atoms with van der Waals surface area (Å²) in [6, 6.07) is 8.64. The van der Waals surface area contributed by atoms with Crippen molar-refractivity contribution in [2.24, 2.45) is 0 Å². The molecule has 0 amide bonds. The summed E-state index contributed by atoms with van der Waals surface area (Å²) in [6.45, 7) is 3.51. The van der Waals surface area contributed by atoms with Crippen molar-refractivity contribution >= 4 is 22.9 Å². The molecule has 1 atom stereocenters. The molecule has 3 nitrogen and oxygen atoms in total. The number of piperazine rings is 1. The van der Waals surface area contributed by atoms with E-state index in [1.165, 1.54) is 17.4 Å². The third-order valence-electron chi connectivity index (χ3n) is 3.89. The summed E-state index contributed by atoms with van der Waals surface area (Å²) in [6.07, 6.45) is 0. The summed E-state index contributed by atoms with van der Waals surface area (Å²) in [5.74, 6) is 0.334. The molecule has 3 rings (SSSR count). The Morgan fingerprint density at radius 1 is 1.27 bits per heavy atom. The monoisotopic (exact) mass is 340 g/mol. The molecule has 1 aromatic heterocycles. The number of methoxy groups -OCH3 is 1. The van der Waals surface area contributed by atoms with Crippen LogP contribution in [-0.2, 0) is 0 Å². The van der Waals surface area contributed by atoms with Gasteiger partial charge in [0.2, 0.25) is 0 Å². The molecule has 118 valence electrons. The van der Waals surface area contributed by atoms with Gasteiger partial charge in [0, 0.05) is 31.1 Å². The van der Waals surface area contributed by atoms with E-state index in [0.717, 1.165) is 31.1 Å². The standard InChI is InChI=1S/C16H18ClFN2OS/c1-21-12-4-2-3-11(18)15(12)16(13-5-6-14(17)22-13)20-9-7-19-8-10-20/h2-6,16,19H,7-10H2,1H3/t16-/m0/s1. The average molecular weight is 341 g/mol. The lowest BCUT2D eigenvalue weighted by atomic mass is 10.0. The van der Waals surface area contributed by atoms with Crippen LogP contribution < -0.4 is 10.1 Å². The van der Waals surface area contributed by atoms with Gasteiger partial charge in [-0.3, -0.25) is 4.90 Å². The van der Waals surface area contributed by atoms with Gasteiger partial charge in [0.1, 0.15) is 11.6 Å². The molecule has 0 radical (unpaired) electrons. The van der Waals surface area contributed by atoms with Crippen molar-refractivity contribution in [2.75, 3.05) is 33.3 Å². The Bertz CT molecular complexity index is 643. The Hall–Kier alpha value is -1.14. The van der Waals surface area contributed by atoms with Crippen LogP contribution >= 0.6 is 22.9 Å². The van der Waals surface area contributed by atoms with Crippen LogP contribution in [0.15, 0.2) is 30.3 Å². The van der Waals surface area contributed by atoms with Crippen molar-refractivity contribution < 1.29 is 9.13 Å². The number of thiophene rings is 1. The maximum atomic E-state index is 14.6. The van der Waals surface area contributed by atoms with E-state index >= 15 is 0 Å². The number of rotatable bonds is 4. The molecular formula is C16H18ClFN2OS. The van der Waals surface area contributed by atoms with Gasteiger partial charge in [-0.25, -0.2) is 4.39 Å². The number of hydrogen-bond donors (Lipinski definition) is 1. The van der Waals surface area contributed by atoms with Crippen LogP contribution in [0.5, 0.6) is 5.75 Å². The minimum absolute atomic E-state index is 0.171. The van der Waals surface area contributed by atoms with Gasteiger partial charge in [0.25, 0.3) is 0 Å². The molecule has 1 aliphatic rings. The number of nitrogens with one attached hydrogen (secondary N) is 1. The Balaban J connectivity index is 2.09. The second-order valence-electron chi connectivity index (χ2n) is 5.19. The normalized spacial score (nSPS) is 17.4. The van der Waals surface area contributed by atoms with Crippen LogP contribution in [0.25, 0.3) is 0 Å². The van der Waals surface area contributed by atoms with Gasteiger partial charge < -0.3 is 10.1 Å². The number of halogens is 2. The highest BCUT2D eigenvalue weighted by Crippen LogP contribution is 2.40. The Labute approximate surface area is 138 Å². The second kappa shape index (κ2) is 6.96. The van der Waals surface area contributed by atoms with E-state index in [2.05, 4.69) is 10.2 Å². The van der Waals surface area contributed by atoms with E-state index < -0.39 is 0 Å². The van der Waals surface area contributed by atoms with Crippen molar-refractivity contribution in [3.8, 4) is 5.75 Å². The van der Waals surface area contributed by atoms with E-state index in [1.54, 1.807) is 13.2 Å². The van der Waals surface area contributed by atoms with Gasteiger partial charge >= 0.3 is 0 Å². The molecule has 2 aromatic rings. The highest BCUT2D eigenvalue weighted by molar-refractivity contribution is 7.16. The first-order chi connectivity index (χ1) is 10.7. The summed E-state index contributed by atoms with van der Waals surface area (Å²) >= 11 is 7.60. The minimum Gasteiger partial charge on any atom is -0.496 e. The lowest BCUT2D eigenvalue weighted by Gasteiger charge is -2.35. The van der Waals surface area contributed by atoms with Gasteiger partial charge in [-0.05, 0) is 24.3 Å². The fourth-order valence-electron chi connectivity index (χ4n) is 2.88. The zero-order chi connectivity index (χ0) is 15.5. The molecule has 0 unspecified atom stereocenters. The van der Waals surface area contributed by atoms with Gasteiger partial charge in [0.15, 0.2) is 0 Å². The van der Waals surface area contributed by atoms with E-state index in [9.17, 15) is 4.39 Å². The zero-order valence-electron chi connectivity index (χ0n) is 12.3. The number of nitrogens with zero attached hydrogens (tertiary/aromatic N) is 1. The van der Waals surface area contributed by atoms with E-state index in [-0.39, 0.29) is 11.9 Å². The van der Waals surface area contributed by atoms with Crippen LogP contribution in [0.3, 0.4) is 0 Å². The van der Waals surface area contributed by atoms with Crippen molar-refractivity contribution in [2.45, 2.75) is 6.04 Å². The van der Waals surface area contributed by atoms with Crippen LogP contribution in [0.4, 0.5) is 4.39 Å². The molecule has 22 heavy (non-hydrogen) atoms.